The average Bonchev–Trinajstić information content (AvgIpc) is 2.48. The van der Waals surface area contributed by atoms with E-state index in [-0.39, 0.29) is 13.1 Å². The van der Waals surface area contributed by atoms with Crippen molar-refractivity contribution >= 4 is 12.2 Å². The maximum absolute atomic E-state index is 10.9. The molecule has 1 rings (SSSR count). The Kier molecular flexibility index (Phi) is 3.01. The van der Waals surface area contributed by atoms with Crippen LogP contribution in [0.3, 0.4) is 0 Å². The molecule has 0 fully saturated rings. The fourth-order valence-electron chi connectivity index (χ4n) is 1.41. The van der Waals surface area contributed by atoms with Gasteiger partial charge in [0.25, 0.3) is 0 Å². The van der Waals surface area contributed by atoms with Gasteiger partial charge >= 0.3 is 11.6 Å². The van der Waals surface area contributed by atoms with E-state index in [1.807, 2.05) is 0 Å². The van der Waals surface area contributed by atoms with E-state index in [1.165, 1.54) is 11.9 Å². The molecule has 15 heavy (non-hydrogen) atoms. The molecule has 0 saturated heterocycles. The molecular formula is C7H12N4O4. The normalized spacial score (nSPS) is 27.9. The van der Waals surface area contributed by atoms with E-state index >= 15 is 0 Å². The fourth-order valence-corrected chi connectivity index (χ4v) is 1.41. The molecule has 0 aliphatic carbocycles. The highest BCUT2D eigenvalue weighted by Gasteiger charge is 2.50. The Hall–Kier alpha value is -1.54. The zero-order chi connectivity index (χ0) is 11.6. The van der Waals surface area contributed by atoms with E-state index in [0.717, 1.165) is 6.21 Å². The minimum atomic E-state index is -1.59. The van der Waals surface area contributed by atoms with Crippen LogP contribution in [0.2, 0.25) is 0 Å². The summed E-state index contributed by atoms with van der Waals surface area (Å²) in [5.74, 6) is -1.26. The Morgan fingerprint density at radius 3 is 2.87 bits per heavy atom. The van der Waals surface area contributed by atoms with Gasteiger partial charge in [-0.1, -0.05) is 0 Å². The van der Waals surface area contributed by atoms with E-state index < -0.39 is 22.6 Å². The Labute approximate surface area is 85.5 Å². The summed E-state index contributed by atoms with van der Waals surface area (Å²) in [6, 6.07) is -1.28. The number of carbonyl (C=O) groups is 1. The van der Waals surface area contributed by atoms with Gasteiger partial charge in [-0.25, -0.2) is 4.90 Å². The minimum absolute atomic E-state index is 0.174. The van der Waals surface area contributed by atoms with E-state index in [2.05, 4.69) is 4.99 Å². The second-order valence-corrected chi connectivity index (χ2v) is 3.44. The molecule has 0 spiro atoms. The van der Waals surface area contributed by atoms with Crippen molar-refractivity contribution in [3.8, 4) is 0 Å². The highest BCUT2D eigenvalue weighted by atomic mass is 16.6. The standard InChI is InChI=1S/C7H12N4O4/c1-10-4-9-3-7(10,11(14)15)2-5(8)6(12)13/h3,5H,2,4,8H2,1H3,(H,12,13). The molecule has 0 radical (unpaired) electrons. The van der Waals surface area contributed by atoms with Gasteiger partial charge in [0.1, 0.15) is 6.04 Å². The smallest absolute Gasteiger partial charge is 0.320 e. The van der Waals surface area contributed by atoms with Crippen LogP contribution in [0.1, 0.15) is 6.42 Å². The molecule has 1 aliphatic heterocycles. The van der Waals surface area contributed by atoms with E-state index in [1.54, 1.807) is 0 Å². The van der Waals surface area contributed by atoms with Crippen molar-refractivity contribution < 1.29 is 14.8 Å². The number of nitrogens with two attached hydrogens (primary N) is 1. The zero-order valence-electron chi connectivity index (χ0n) is 8.16. The molecule has 3 N–H and O–H groups in total. The maximum atomic E-state index is 10.9. The van der Waals surface area contributed by atoms with Gasteiger partial charge in [0.05, 0.1) is 19.3 Å². The largest absolute Gasteiger partial charge is 0.480 e. The molecule has 1 aliphatic rings. The molecule has 8 nitrogen and oxygen atoms in total. The van der Waals surface area contributed by atoms with Crippen LogP contribution < -0.4 is 5.73 Å². The minimum Gasteiger partial charge on any atom is -0.480 e. The van der Waals surface area contributed by atoms with Crippen molar-refractivity contribution in [3.05, 3.63) is 10.1 Å². The molecule has 8 heteroatoms. The van der Waals surface area contributed by atoms with Gasteiger partial charge in [0.2, 0.25) is 0 Å². The summed E-state index contributed by atoms with van der Waals surface area (Å²) in [7, 11) is 1.50. The number of carboxylic acids is 1. The fraction of sp³-hybridized carbons (Fsp3) is 0.714. The molecule has 0 aromatic rings. The van der Waals surface area contributed by atoms with Crippen LogP contribution >= 0.6 is 0 Å². The van der Waals surface area contributed by atoms with E-state index in [4.69, 9.17) is 10.8 Å². The molecule has 2 atom stereocenters. The summed E-state index contributed by atoms with van der Waals surface area (Å²) in [6.45, 7) is 0.174. The summed E-state index contributed by atoms with van der Waals surface area (Å²) in [6.07, 6.45) is 0.852. The lowest BCUT2D eigenvalue weighted by Gasteiger charge is -2.26. The number of nitrogens with zero attached hydrogens (tertiary/aromatic N) is 3. The van der Waals surface area contributed by atoms with Crippen molar-refractivity contribution in [2.45, 2.75) is 18.1 Å². The Balaban J connectivity index is 2.89. The van der Waals surface area contributed by atoms with Crippen LogP contribution in [-0.4, -0.2) is 52.5 Å². The third-order valence-corrected chi connectivity index (χ3v) is 2.41. The summed E-state index contributed by atoms with van der Waals surface area (Å²) < 4.78 is 0. The van der Waals surface area contributed by atoms with Gasteiger partial charge in [0, 0.05) is 4.92 Å². The number of aliphatic carboxylic acids is 1. The monoisotopic (exact) mass is 216 g/mol. The molecule has 0 saturated carbocycles. The summed E-state index contributed by atoms with van der Waals surface area (Å²) in [4.78, 5) is 26.0. The topological polar surface area (TPSA) is 122 Å². The first-order chi connectivity index (χ1) is 6.90. The van der Waals surface area contributed by atoms with E-state index in [9.17, 15) is 14.9 Å². The van der Waals surface area contributed by atoms with Crippen LogP contribution in [0.25, 0.3) is 0 Å². The van der Waals surface area contributed by atoms with Gasteiger partial charge in [-0.05, 0) is 7.05 Å². The number of nitro groups is 1. The second-order valence-electron chi connectivity index (χ2n) is 3.44. The first-order valence-corrected chi connectivity index (χ1v) is 4.25. The van der Waals surface area contributed by atoms with Crippen LogP contribution in [0.15, 0.2) is 4.99 Å². The number of hydrogen-bond donors (Lipinski definition) is 2. The first-order valence-electron chi connectivity index (χ1n) is 4.25. The van der Waals surface area contributed by atoms with Gasteiger partial charge in [-0.2, -0.15) is 0 Å². The molecule has 0 amide bonds. The van der Waals surface area contributed by atoms with Gasteiger partial charge in [-0.3, -0.25) is 19.9 Å². The third kappa shape index (κ3) is 1.95. The van der Waals surface area contributed by atoms with E-state index in [0.29, 0.717) is 0 Å². The Morgan fingerprint density at radius 1 is 1.93 bits per heavy atom. The summed E-state index contributed by atoms with van der Waals surface area (Å²) in [5, 5.41) is 19.5. The predicted molar refractivity (Wildman–Crippen MR) is 51.1 cm³/mol. The quantitative estimate of drug-likeness (QED) is 0.446. The van der Waals surface area contributed by atoms with Crippen LogP contribution in [0.4, 0.5) is 0 Å². The number of rotatable bonds is 4. The van der Waals surface area contributed by atoms with Crippen molar-refractivity contribution in [1.29, 1.82) is 0 Å². The molecule has 0 aromatic heterocycles. The van der Waals surface area contributed by atoms with Crippen molar-refractivity contribution in [2.24, 2.45) is 10.7 Å². The van der Waals surface area contributed by atoms with Crippen molar-refractivity contribution in [2.75, 3.05) is 13.7 Å². The van der Waals surface area contributed by atoms with Crippen LogP contribution in [0, 0.1) is 10.1 Å². The van der Waals surface area contributed by atoms with Gasteiger partial charge in [-0.15, -0.1) is 0 Å². The molecular weight excluding hydrogens is 204 g/mol. The number of aliphatic imine (C=N–C) groups is 1. The molecule has 0 bridgehead atoms. The van der Waals surface area contributed by atoms with Gasteiger partial charge < -0.3 is 10.8 Å². The maximum Gasteiger partial charge on any atom is 0.320 e. The predicted octanol–water partition coefficient (Wildman–Crippen LogP) is -1.26. The third-order valence-electron chi connectivity index (χ3n) is 2.41. The van der Waals surface area contributed by atoms with Gasteiger partial charge in [0.15, 0.2) is 0 Å². The Bertz CT molecular complexity index is 318. The molecule has 84 valence electrons. The lowest BCUT2D eigenvalue weighted by Crippen LogP contribution is -2.55. The highest BCUT2D eigenvalue weighted by molar-refractivity contribution is 5.76. The highest BCUT2D eigenvalue weighted by Crippen LogP contribution is 2.22. The van der Waals surface area contributed by atoms with Crippen LogP contribution in [-0.2, 0) is 4.79 Å². The average molecular weight is 216 g/mol. The first kappa shape index (κ1) is 11.5. The summed E-state index contributed by atoms with van der Waals surface area (Å²) >= 11 is 0. The summed E-state index contributed by atoms with van der Waals surface area (Å²) in [5.41, 5.74) is 3.70. The molecule has 1 heterocycles. The molecule has 0 aromatic carbocycles. The molecule has 2 unspecified atom stereocenters. The van der Waals surface area contributed by atoms with Crippen molar-refractivity contribution in [3.63, 3.8) is 0 Å². The van der Waals surface area contributed by atoms with Crippen LogP contribution in [0.5, 0.6) is 0 Å². The second kappa shape index (κ2) is 3.91. The SMILES string of the molecule is CN1CN=CC1(CC(N)C(=O)O)[N+](=O)[O-]. The van der Waals surface area contributed by atoms with Crippen molar-refractivity contribution in [1.82, 2.24) is 4.90 Å². The number of hydrogen-bond acceptors (Lipinski definition) is 6. The Morgan fingerprint density at radius 2 is 2.53 bits per heavy atom. The lowest BCUT2D eigenvalue weighted by molar-refractivity contribution is -0.573. The number of carboxylic acid groups (broad SMARTS) is 1. The zero-order valence-corrected chi connectivity index (χ0v) is 8.16. The lowest BCUT2D eigenvalue weighted by atomic mass is 10.0.